The molecule has 0 heterocycles. The highest BCUT2D eigenvalue weighted by Gasteiger charge is 1.90. The smallest absolute Gasteiger partial charge is 0.0374 e. The monoisotopic (exact) mass is 190 g/mol. The molecule has 0 N–H and O–H groups in total. The molecule has 1 aromatic rings. The SMILES string of the molecule is S=S(Cl)Cc1ccccc1. The Balaban J connectivity index is 2.67. The summed E-state index contributed by atoms with van der Waals surface area (Å²) in [6.07, 6.45) is 0. The lowest BCUT2D eigenvalue weighted by Gasteiger charge is -1.95. The molecule has 0 nitrogen and oxygen atoms in total. The van der Waals surface area contributed by atoms with Gasteiger partial charge in [-0.25, -0.2) is 0 Å². The van der Waals surface area contributed by atoms with E-state index in [-0.39, 0.29) is 0 Å². The van der Waals surface area contributed by atoms with E-state index in [4.69, 9.17) is 21.9 Å². The van der Waals surface area contributed by atoms with Gasteiger partial charge in [-0.3, -0.25) is 0 Å². The van der Waals surface area contributed by atoms with E-state index in [1.54, 1.807) is 0 Å². The predicted molar refractivity (Wildman–Crippen MR) is 50.7 cm³/mol. The van der Waals surface area contributed by atoms with Gasteiger partial charge in [0.2, 0.25) is 0 Å². The second-order valence-electron chi connectivity index (χ2n) is 1.92. The van der Waals surface area contributed by atoms with Gasteiger partial charge in [0, 0.05) is 5.75 Å². The van der Waals surface area contributed by atoms with Crippen LogP contribution in [0.4, 0.5) is 0 Å². The topological polar surface area (TPSA) is 0 Å². The molecule has 0 saturated heterocycles. The van der Waals surface area contributed by atoms with Gasteiger partial charge < -0.3 is 0 Å². The van der Waals surface area contributed by atoms with Crippen molar-refractivity contribution in [1.82, 2.24) is 0 Å². The second kappa shape index (κ2) is 4.06. The van der Waals surface area contributed by atoms with Crippen LogP contribution in [-0.2, 0) is 25.6 Å². The summed E-state index contributed by atoms with van der Waals surface area (Å²) in [4.78, 5) is 0. The Kier molecular flexibility index (Phi) is 3.32. The van der Waals surface area contributed by atoms with Gasteiger partial charge in [-0.15, -0.1) is 0 Å². The van der Waals surface area contributed by atoms with Crippen LogP contribution in [0.2, 0.25) is 0 Å². The van der Waals surface area contributed by atoms with Crippen LogP contribution in [-0.4, -0.2) is 0 Å². The summed E-state index contributed by atoms with van der Waals surface area (Å²) >= 11 is 4.85. The molecule has 1 atom stereocenters. The molecule has 3 heteroatoms. The molecule has 1 unspecified atom stereocenters. The van der Waals surface area contributed by atoms with Gasteiger partial charge in [0.05, 0.1) is 0 Å². The number of benzene rings is 1. The molecule has 10 heavy (non-hydrogen) atoms. The van der Waals surface area contributed by atoms with Crippen LogP contribution in [0.25, 0.3) is 0 Å². The van der Waals surface area contributed by atoms with Crippen LogP contribution in [0.15, 0.2) is 30.3 Å². The standard InChI is InChI=1S/C7H7ClS2/c8-10(9)6-7-4-2-1-3-5-7/h1-5H,6H2. The highest BCUT2D eigenvalue weighted by Crippen LogP contribution is 2.04. The van der Waals surface area contributed by atoms with Crippen LogP contribution in [0.3, 0.4) is 0 Å². The minimum atomic E-state index is -0.411. The normalized spacial score (nSPS) is 12.9. The van der Waals surface area contributed by atoms with E-state index in [1.807, 2.05) is 30.3 Å². The summed E-state index contributed by atoms with van der Waals surface area (Å²) in [5.41, 5.74) is 1.22. The molecule has 1 rings (SSSR count). The maximum atomic E-state index is 5.65. The second-order valence-corrected chi connectivity index (χ2v) is 5.66. The Morgan fingerprint density at radius 1 is 1.30 bits per heavy atom. The fourth-order valence-electron chi connectivity index (χ4n) is 0.705. The van der Waals surface area contributed by atoms with Crippen molar-refractivity contribution < 1.29 is 0 Å². The Morgan fingerprint density at radius 2 is 1.90 bits per heavy atom. The van der Waals surface area contributed by atoms with Crippen molar-refractivity contribution in [1.29, 1.82) is 0 Å². The van der Waals surface area contributed by atoms with Crippen LogP contribution in [0.5, 0.6) is 0 Å². The van der Waals surface area contributed by atoms with Crippen LogP contribution < -0.4 is 0 Å². The molecule has 0 aliphatic heterocycles. The maximum Gasteiger partial charge on any atom is 0.0374 e. The van der Waals surface area contributed by atoms with Crippen molar-refractivity contribution in [2.45, 2.75) is 5.75 Å². The number of hydrogen-bond acceptors (Lipinski definition) is 1. The minimum absolute atomic E-state index is 0.411. The lowest BCUT2D eigenvalue weighted by Crippen LogP contribution is -1.84. The quantitative estimate of drug-likeness (QED) is 0.646. The minimum Gasteiger partial charge on any atom is -0.0622 e. The zero-order valence-electron chi connectivity index (χ0n) is 5.29. The van der Waals surface area contributed by atoms with Crippen molar-refractivity contribution in [2.24, 2.45) is 0 Å². The summed E-state index contributed by atoms with van der Waals surface area (Å²) in [5, 5.41) is 0. The first-order chi connectivity index (χ1) is 4.79. The van der Waals surface area contributed by atoms with E-state index >= 15 is 0 Å². The summed E-state index contributed by atoms with van der Waals surface area (Å²) < 4.78 is 0. The first kappa shape index (κ1) is 8.18. The molecule has 54 valence electrons. The van der Waals surface area contributed by atoms with Crippen LogP contribution in [0.1, 0.15) is 5.56 Å². The highest BCUT2D eigenvalue weighted by atomic mass is 35.7. The van der Waals surface area contributed by atoms with E-state index in [0.717, 1.165) is 5.75 Å². The summed E-state index contributed by atoms with van der Waals surface area (Å²) in [5.74, 6) is 0.803. The molecule has 1 aromatic carbocycles. The van der Waals surface area contributed by atoms with Gasteiger partial charge in [0.15, 0.2) is 0 Å². The molecule has 0 fully saturated rings. The number of hydrogen-bond donors (Lipinski definition) is 0. The lowest BCUT2D eigenvalue weighted by atomic mass is 10.2. The first-order valence-electron chi connectivity index (χ1n) is 2.87. The van der Waals surface area contributed by atoms with Crippen LogP contribution >= 0.6 is 10.7 Å². The molecule has 0 saturated carbocycles. The molecule has 0 amide bonds. The largest absolute Gasteiger partial charge is 0.0622 e. The average molecular weight is 191 g/mol. The Labute approximate surface area is 72.3 Å². The lowest BCUT2D eigenvalue weighted by molar-refractivity contribution is 1.42. The Bertz CT molecular complexity index is 220. The predicted octanol–water partition coefficient (Wildman–Crippen LogP) is 2.42. The molecular formula is C7H7ClS2. The third-order valence-electron chi connectivity index (χ3n) is 1.12. The highest BCUT2D eigenvalue weighted by molar-refractivity contribution is 8.41. The Hall–Kier alpha value is 0.0800. The number of halogens is 1. The van der Waals surface area contributed by atoms with Crippen molar-refractivity contribution in [3.05, 3.63) is 35.9 Å². The number of rotatable bonds is 2. The van der Waals surface area contributed by atoms with E-state index < -0.39 is 8.67 Å². The summed E-state index contributed by atoms with van der Waals surface area (Å²) in [6, 6.07) is 10.0. The molecule has 0 radical (unpaired) electrons. The zero-order valence-corrected chi connectivity index (χ0v) is 7.68. The van der Waals surface area contributed by atoms with Gasteiger partial charge in [-0.05, 0) is 36.1 Å². The van der Waals surface area contributed by atoms with E-state index in [0.29, 0.717) is 0 Å². The first-order valence-corrected chi connectivity index (χ1v) is 6.02. The molecule has 0 spiro atoms. The zero-order chi connectivity index (χ0) is 7.40. The average Bonchev–Trinajstić information content (AvgIpc) is 1.88. The van der Waals surface area contributed by atoms with Gasteiger partial charge in [-0.2, -0.15) is 0 Å². The van der Waals surface area contributed by atoms with Crippen molar-refractivity contribution in [3.8, 4) is 0 Å². The molecule has 0 aliphatic rings. The molecular weight excluding hydrogens is 184 g/mol. The van der Waals surface area contributed by atoms with Crippen LogP contribution in [0, 0.1) is 0 Å². The van der Waals surface area contributed by atoms with Gasteiger partial charge in [-0.1, -0.05) is 30.3 Å². The van der Waals surface area contributed by atoms with Gasteiger partial charge >= 0.3 is 0 Å². The third-order valence-corrected chi connectivity index (χ3v) is 2.36. The molecule has 0 aromatic heterocycles. The van der Waals surface area contributed by atoms with Crippen molar-refractivity contribution in [3.63, 3.8) is 0 Å². The van der Waals surface area contributed by atoms with Gasteiger partial charge in [0.25, 0.3) is 0 Å². The van der Waals surface area contributed by atoms with E-state index in [1.165, 1.54) is 5.56 Å². The van der Waals surface area contributed by atoms with E-state index in [9.17, 15) is 0 Å². The molecule has 0 aliphatic carbocycles. The fourth-order valence-corrected chi connectivity index (χ4v) is 1.95. The summed E-state index contributed by atoms with van der Waals surface area (Å²) in [7, 11) is 5.24. The fraction of sp³-hybridized carbons (Fsp3) is 0.143. The summed E-state index contributed by atoms with van der Waals surface area (Å²) in [6.45, 7) is 0. The third kappa shape index (κ3) is 2.78. The molecule has 0 bridgehead atoms. The Morgan fingerprint density at radius 3 is 2.40 bits per heavy atom. The van der Waals surface area contributed by atoms with Crippen molar-refractivity contribution >= 4 is 30.5 Å². The van der Waals surface area contributed by atoms with Crippen molar-refractivity contribution in [2.75, 3.05) is 0 Å². The van der Waals surface area contributed by atoms with Gasteiger partial charge in [0.1, 0.15) is 0 Å². The maximum absolute atomic E-state index is 5.65. The van der Waals surface area contributed by atoms with E-state index in [2.05, 4.69) is 0 Å².